The first kappa shape index (κ1) is 14.1. The van der Waals surface area contributed by atoms with Gasteiger partial charge in [-0.3, -0.25) is 4.79 Å². The first-order chi connectivity index (χ1) is 9.88. The second-order valence-corrected chi connectivity index (χ2v) is 4.45. The van der Waals surface area contributed by atoms with Crippen LogP contribution in [0.1, 0.15) is 11.1 Å². The molecule has 0 bridgehead atoms. The molecule has 0 saturated heterocycles. The van der Waals surface area contributed by atoms with E-state index in [4.69, 9.17) is 9.47 Å². The molecule has 0 unspecified atom stereocenters. The fourth-order valence-corrected chi connectivity index (χ4v) is 1.95. The molecule has 0 saturated carbocycles. The number of rotatable bonds is 8. The zero-order chi connectivity index (χ0) is 14.0. The molecule has 0 radical (unpaired) electrons. The Balaban J connectivity index is 1.80. The van der Waals surface area contributed by atoms with Crippen LogP contribution < -0.4 is 4.74 Å². The van der Waals surface area contributed by atoms with E-state index in [0.717, 1.165) is 17.7 Å². The average molecular weight is 270 g/mol. The highest BCUT2D eigenvalue weighted by Gasteiger charge is 1.98. The number of carbonyl (C=O) groups is 1. The van der Waals surface area contributed by atoms with Gasteiger partial charge in [-0.25, -0.2) is 0 Å². The maximum absolute atomic E-state index is 10.1. The van der Waals surface area contributed by atoms with Crippen LogP contribution in [0.15, 0.2) is 54.6 Å². The van der Waals surface area contributed by atoms with Gasteiger partial charge in [0.25, 0.3) is 6.47 Å². The maximum Gasteiger partial charge on any atom is 0.293 e. The van der Waals surface area contributed by atoms with Gasteiger partial charge >= 0.3 is 0 Å². The van der Waals surface area contributed by atoms with Crippen LogP contribution in [0, 0.1) is 0 Å². The number of benzene rings is 2. The molecule has 0 aliphatic carbocycles. The Kier molecular flexibility index (Phi) is 5.65. The topological polar surface area (TPSA) is 35.5 Å². The van der Waals surface area contributed by atoms with Crippen molar-refractivity contribution in [1.29, 1.82) is 0 Å². The summed E-state index contributed by atoms with van der Waals surface area (Å²) in [6, 6.07) is 18.1. The van der Waals surface area contributed by atoms with E-state index >= 15 is 0 Å². The monoisotopic (exact) mass is 270 g/mol. The fraction of sp³-hybridized carbons (Fsp3) is 0.235. The van der Waals surface area contributed by atoms with Crippen LogP contribution in [-0.2, 0) is 22.4 Å². The van der Waals surface area contributed by atoms with Crippen LogP contribution in [0.25, 0.3) is 0 Å². The Bertz CT molecular complexity index is 523. The fourth-order valence-electron chi connectivity index (χ4n) is 1.95. The second-order valence-electron chi connectivity index (χ2n) is 4.45. The Labute approximate surface area is 119 Å². The summed E-state index contributed by atoms with van der Waals surface area (Å²) >= 11 is 0. The SMILES string of the molecule is O=COCCc1cccc(OCCc2ccccc2)c1. The molecule has 0 fully saturated rings. The molecule has 20 heavy (non-hydrogen) atoms. The molecule has 0 aliphatic heterocycles. The lowest BCUT2D eigenvalue weighted by atomic mass is 10.1. The Morgan fingerprint density at radius 2 is 1.60 bits per heavy atom. The van der Waals surface area contributed by atoms with Gasteiger partial charge in [0, 0.05) is 12.8 Å². The Morgan fingerprint density at radius 1 is 0.850 bits per heavy atom. The molecular weight excluding hydrogens is 252 g/mol. The molecule has 0 aliphatic rings. The second kappa shape index (κ2) is 8.00. The van der Waals surface area contributed by atoms with E-state index in [1.165, 1.54) is 5.56 Å². The number of hydrogen-bond acceptors (Lipinski definition) is 3. The quantitative estimate of drug-likeness (QED) is 0.546. The summed E-state index contributed by atoms with van der Waals surface area (Å²) in [5.74, 6) is 0.851. The van der Waals surface area contributed by atoms with Crippen molar-refractivity contribution in [3.63, 3.8) is 0 Å². The van der Waals surface area contributed by atoms with Crippen LogP contribution in [0.5, 0.6) is 5.75 Å². The van der Waals surface area contributed by atoms with Crippen molar-refractivity contribution in [2.75, 3.05) is 13.2 Å². The van der Waals surface area contributed by atoms with Crippen molar-refractivity contribution < 1.29 is 14.3 Å². The summed E-state index contributed by atoms with van der Waals surface area (Å²) in [4.78, 5) is 10.1. The third-order valence-corrected chi connectivity index (χ3v) is 2.98. The summed E-state index contributed by atoms with van der Waals surface area (Å²) in [6.45, 7) is 1.52. The smallest absolute Gasteiger partial charge is 0.293 e. The van der Waals surface area contributed by atoms with Gasteiger partial charge in [0.05, 0.1) is 13.2 Å². The Hall–Kier alpha value is -2.29. The van der Waals surface area contributed by atoms with Crippen LogP contribution >= 0.6 is 0 Å². The van der Waals surface area contributed by atoms with Gasteiger partial charge in [0.15, 0.2) is 0 Å². The van der Waals surface area contributed by atoms with E-state index in [1.807, 2.05) is 42.5 Å². The number of ether oxygens (including phenoxy) is 2. The zero-order valence-corrected chi connectivity index (χ0v) is 11.3. The van der Waals surface area contributed by atoms with Gasteiger partial charge in [-0.2, -0.15) is 0 Å². The molecule has 2 aromatic rings. The van der Waals surface area contributed by atoms with Crippen molar-refractivity contribution >= 4 is 6.47 Å². The standard InChI is InChI=1S/C17H18O3/c18-14-19-11-9-16-7-4-8-17(13-16)20-12-10-15-5-2-1-3-6-15/h1-8,13-14H,9-12H2. The molecular formula is C17H18O3. The van der Waals surface area contributed by atoms with Crippen LogP contribution in [0.3, 0.4) is 0 Å². The predicted octanol–water partition coefficient (Wildman–Crippen LogP) is 3.02. The highest BCUT2D eigenvalue weighted by molar-refractivity contribution is 5.37. The maximum atomic E-state index is 10.1. The highest BCUT2D eigenvalue weighted by atomic mass is 16.5. The van der Waals surface area contributed by atoms with Crippen LogP contribution in [0.4, 0.5) is 0 Å². The normalized spacial score (nSPS) is 10.0. The van der Waals surface area contributed by atoms with Crippen molar-refractivity contribution in [2.45, 2.75) is 12.8 Å². The first-order valence-corrected chi connectivity index (χ1v) is 6.69. The molecule has 3 heteroatoms. The van der Waals surface area contributed by atoms with E-state index in [0.29, 0.717) is 26.1 Å². The van der Waals surface area contributed by atoms with Crippen molar-refractivity contribution in [3.05, 3.63) is 65.7 Å². The largest absolute Gasteiger partial charge is 0.493 e. The van der Waals surface area contributed by atoms with Gasteiger partial charge in [-0.15, -0.1) is 0 Å². The van der Waals surface area contributed by atoms with Crippen LogP contribution in [-0.4, -0.2) is 19.7 Å². The lowest BCUT2D eigenvalue weighted by Gasteiger charge is -2.08. The number of hydrogen-bond donors (Lipinski definition) is 0. The summed E-state index contributed by atoms with van der Waals surface area (Å²) in [6.07, 6.45) is 1.59. The minimum Gasteiger partial charge on any atom is -0.493 e. The summed E-state index contributed by atoms with van der Waals surface area (Å²) in [5, 5.41) is 0. The predicted molar refractivity (Wildman–Crippen MR) is 77.8 cm³/mol. The molecule has 2 rings (SSSR count). The van der Waals surface area contributed by atoms with E-state index in [2.05, 4.69) is 12.1 Å². The van der Waals surface area contributed by atoms with Crippen molar-refractivity contribution in [3.8, 4) is 5.75 Å². The van der Waals surface area contributed by atoms with Gasteiger partial charge in [0.1, 0.15) is 5.75 Å². The summed E-state index contributed by atoms with van der Waals surface area (Å²) in [7, 11) is 0. The van der Waals surface area contributed by atoms with E-state index in [-0.39, 0.29) is 0 Å². The minimum atomic E-state index is 0.400. The number of carbonyl (C=O) groups excluding carboxylic acids is 1. The molecule has 0 atom stereocenters. The summed E-state index contributed by atoms with van der Waals surface area (Å²) < 4.78 is 10.4. The average Bonchev–Trinajstić information content (AvgIpc) is 2.49. The molecule has 3 nitrogen and oxygen atoms in total. The lowest BCUT2D eigenvalue weighted by Crippen LogP contribution is -2.02. The van der Waals surface area contributed by atoms with Crippen molar-refractivity contribution in [2.24, 2.45) is 0 Å². The highest BCUT2D eigenvalue weighted by Crippen LogP contribution is 2.14. The van der Waals surface area contributed by atoms with Gasteiger partial charge in [-0.05, 0) is 23.3 Å². The summed E-state index contributed by atoms with van der Waals surface area (Å²) in [5.41, 5.74) is 2.37. The molecule has 0 N–H and O–H groups in total. The molecule has 2 aromatic carbocycles. The molecule has 0 spiro atoms. The van der Waals surface area contributed by atoms with Gasteiger partial charge in [-0.1, -0.05) is 42.5 Å². The molecule has 0 amide bonds. The minimum absolute atomic E-state index is 0.400. The lowest BCUT2D eigenvalue weighted by molar-refractivity contribution is -0.128. The first-order valence-electron chi connectivity index (χ1n) is 6.69. The third-order valence-electron chi connectivity index (χ3n) is 2.98. The van der Waals surface area contributed by atoms with Crippen molar-refractivity contribution in [1.82, 2.24) is 0 Å². The zero-order valence-electron chi connectivity index (χ0n) is 11.3. The third kappa shape index (κ3) is 4.76. The molecule has 0 aromatic heterocycles. The van der Waals surface area contributed by atoms with E-state index in [1.54, 1.807) is 0 Å². The van der Waals surface area contributed by atoms with E-state index < -0.39 is 0 Å². The molecule has 0 heterocycles. The molecule has 104 valence electrons. The van der Waals surface area contributed by atoms with E-state index in [9.17, 15) is 4.79 Å². The van der Waals surface area contributed by atoms with Gasteiger partial charge in [0.2, 0.25) is 0 Å². The Morgan fingerprint density at radius 3 is 2.40 bits per heavy atom. The van der Waals surface area contributed by atoms with Crippen LogP contribution in [0.2, 0.25) is 0 Å². The van der Waals surface area contributed by atoms with Gasteiger partial charge < -0.3 is 9.47 Å².